The summed E-state index contributed by atoms with van der Waals surface area (Å²) >= 11 is 0. The average molecular weight is 298 g/mol. The van der Waals surface area contributed by atoms with Crippen LogP contribution in [0.25, 0.3) is 11.0 Å². The molecule has 116 valence electrons. The van der Waals surface area contributed by atoms with Crippen molar-refractivity contribution in [3.63, 3.8) is 0 Å². The Morgan fingerprint density at radius 1 is 1.32 bits per heavy atom. The lowest BCUT2D eigenvalue weighted by molar-refractivity contribution is -0.127. The van der Waals surface area contributed by atoms with Crippen LogP contribution in [0.2, 0.25) is 0 Å². The normalized spacial score (nSPS) is 31.5. The van der Waals surface area contributed by atoms with Crippen molar-refractivity contribution in [2.75, 3.05) is 0 Å². The molecule has 2 bridgehead atoms. The standard InChI is InChI=1S/C18H22N2O2/c1-10(15-9-11-4-2-3-5-14(11)22-15)20-18(21)16-12-6-7-13(8-12)17(16)19/h2-5,9-10,12-13,16-17H,6-8,19H2,1H3,(H,20,21). The van der Waals surface area contributed by atoms with Crippen molar-refractivity contribution in [3.05, 3.63) is 36.1 Å². The molecule has 5 unspecified atom stereocenters. The van der Waals surface area contributed by atoms with Crippen LogP contribution in [0.1, 0.15) is 38.0 Å². The van der Waals surface area contributed by atoms with E-state index in [0.29, 0.717) is 11.8 Å². The highest BCUT2D eigenvalue weighted by Gasteiger charge is 2.49. The third-order valence-corrected chi connectivity index (χ3v) is 5.51. The lowest BCUT2D eigenvalue weighted by Gasteiger charge is -2.28. The van der Waals surface area contributed by atoms with Crippen LogP contribution in [0.4, 0.5) is 0 Å². The summed E-state index contributed by atoms with van der Waals surface area (Å²) in [6.45, 7) is 1.97. The minimum atomic E-state index is -0.133. The number of carbonyl (C=O) groups is 1. The van der Waals surface area contributed by atoms with Gasteiger partial charge in [0, 0.05) is 11.4 Å². The van der Waals surface area contributed by atoms with Crippen LogP contribution in [-0.4, -0.2) is 11.9 Å². The number of fused-ring (bicyclic) bond motifs is 3. The third kappa shape index (κ3) is 2.13. The monoisotopic (exact) mass is 298 g/mol. The number of rotatable bonds is 3. The first-order valence-electron chi connectivity index (χ1n) is 8.18. The summed E-state index contributed by atoms with van der Waals surface area (Å²) in [5.74, 6) is 1.88. The fourth-order valence-corrected chi connectivity index (χ4v) is 4.32. The Morgan fingerprint density at radius 2 is 2.09 bits per heavy atom. The fourth-order valence-electron chi connectivity index (χ4n) is 4.32. The lowest BCUT2D eigenvalue weighted by Crippen LogP contribution is -2.45. The van der Waals surface area contributed by atoms with E-state index in [1.54, 1.807) is 0 Å². The van der Waals surface area contributed by atoms with Crippen LogP contribution >= 0.6 is 0 Å². The zero-order chi connectivity index (χ0) is 15.3. The lowest BCUT2D eigenvalue weighted by atomic mass is 9.84. The van der Waals surface area contributed by atoms with Gasteiger partial charge in [-0.25, -0.2) is 0 Å². The maximum absolute atomic E-state index is 12.6. The first kappa shape index (κ1) is 13.8. The zero-order valence-electron chi connectivity index (χ0n) is 12.8. The van der Waals surface area contributed by atoms with Crippen LogP contribution in [0.3, 0.4) is 0 Å². The first-order valence-corrected chi connectivity index (χ1v) is 8.18. The second kappa shape index (κ2) is 5.13. The Morgan fingerprint density at radius 3 is 2.82 bits per heavy atom. The molecule has 2 aliphatic carbocycles. The van der Waals surface area contributed by atoms with E-state index in [9.17, 15) is 4.79 Å². The Kier molecular flexibility index (Phi) is 3.22. The van der Waals surface area contributed by atoms with E-state index in [4.69, 9.17) is 10.2 Å². The van der Waals surface area contributed by atoms with Crippen LogP contribution in [0.5, 0.6) is 0 Å². The van der Waals surface area contributed by atoms with Crippen LogP contribution < -0.4 is 11.1 Å². The molecule has 4 nitrogen and oxygen atoms in total. The minimum absolute atomic E-state index is 0.0226. The molecule has 2 aromatic rings. The van der Waals surface area contributed by atoms with Gasteiger partial charge in [0.05, 0.1) is 12.0 Å². The van der Waals surface area contributed by atoms with E-state index >= 15 is 0 Å². The molecule has 2 saturated carbocycles. The van der Waals surface area contributed by atoms with E-state index in [0.717, 1.165) is 29.6 Å². The van der Waals surface area contributed by atoms with Crippen molar-refractivity contribution >= 4 is 16.9 Å². The number of nitrogens with one attached hydrogen (secondary N) is 1. The van der Waals surface area contributed by atoms with Gasteiger partial charge in [-0.15, -0.1) is 0 Å². The Balaban J connectivity index is 1.49. The third-order valence-electron chi connectivity index (χ3n) is 5.51. The number of hydrogen-bond acceptors (Lipinski definition) is 3. The molecule has 3 N–H and O–H groups in total. The number of amides is 1. The molecule has 2 aliphatic rings. The molecule has 4 rings (SSSR count). The zero-order valence-corrected chi connectivity index (χ0v) is 12.8. The van der Waals surface area contributed by atoms with Gasteiger partial charge in [-0.3, -0.25) is 4.79 Å². The topological polar surface area (TPSA) is 68.3 Å². The maximum atomic E-state index is 12.6. The van der Waals surface area contributed by atoms with Crippen LogP contribution in [0, 0.1) is 17.8 Å². The molecule has 1 aromatic carbocycles. The van der Waals surface area contributed by atoms with Crippen molar-refractivity contribution in [1.29, 1.82) is 0 Å². The summed E-state index contributed by atoms with van der Waals surface area (Å²) in [6, 6.07) is 9.79. The predicted octanol–water partition coefficient (Wildman–Crippen LogP) is 2.98. The second-order valence-corrected chi connectivity index (χ2v) is 6.85. The molecule has 0 aliphatic heterocycles. The van der Waals surface area contributed by atoms with Crippen molar-refractivity contribution in [1.82, 2.24) is 5.32 Å². The number of carbonyl (C=O) groups excluding carboxylic acids is 1. The van der Waals surface area contributed by atoms with Gasteiger partial charge >= 0.3 is 0 Å². The van der Waals surface area contributed by atoms with Crippen molar-refractivity contribution < 1.29 is 9.21 Å². The molecular weight excluding hydrogens is 276 g/mol. The molecule has 0 spiro atoms. The number of benzene rings is 1. The Labute approximate surface area is 130 Å². The molecule has 1 aromatic heterocycles. The van der Waals surface area contributed by atoms with Crippen LogP contribution in [-0.2, 0) is 4.79 Å². The fraction of sp³-hybridized carbons (Fsp3) is 0.500. The molecule has 1 heterocycles. The summed E-state index contributed by atoms with van der Waals surface area (Å²) in [7, 11) is 0. The molecule has 1 amide bonds. The smallest absolute Gasteiger partial charge is 0.225 e. The minimum Gasteiger partial charge on any atom is -0.459 e. The second-order valence-electron chi connectivity index (χ2n) is 6.85. The van der Waals surface area contributed by atoms with Gasteiger partial charge in [-0.05, 0) is 50.2 Å². The highest BCUT2D eigenvalue weighted by molar-refractivity contribution is 5.81. The highest BCUT2D eigenvalue weighted by atomic mass is 16.3. The van der Waals surface area contributed by atoms with E-state index in [1.165, 1.54) is 6.42 Å². The van der Waals surface area contributed by atoms with Crippen LogP contribution in [0.15, 0.2) is 34.7 Å². The van der Waals surface area contributed by atoms with Crippen molar-refractivity contribution in [3.8, 4) is 0 Å². The quantitative estimate of drug-likeness (QED) is 0.915. The van der Waals surface area contributed by atoms with Gasteiger partial charge in [0.15, 0.2) is 0 Å². The first-order chi connectivity index (χ1) is 10.6. The molecule has 22 heavy (non-hydrogen) atoms. The largest absolute Gasteiger partial charge is 0.459 e. The summed E-state index contributed by atoms with van der Waals surface area (Å²) in [4.78, 5) is 12.6. The summed E-state index contributed by atoms with van der Waals surface area (Å²) < 4.78 is 5.84. The predicted molar refractivity (Wildman–Crippen MR) is 85.1 cm³/mol. The molecule has 0 saturated heterocycles. The molecule has 4 heteroatoms. The number of nitrogens with two attached hydrogens (primary N) is 1. The van der Waals surface area contributed by atoms with E-state index in [-0.39, 0.29) is 23.9 Å². The molecular formula is C18H22N2O2. The number of para-hydroxylation sites is 1. The van der Waals surface area contributed by atoms with Gasteiger partial charge in [0.1, 0.15) is 11.3 Å². The highest BCUT2D eigenvalue weighted by Crippen LogP contribution is 2.47. The SMILES string of the molecule is CC(NC(=O)C1C2CCC(C2)C1N)c1cc2ccccc2o1. The van der Waals surface area contributed by atoms with Gasteiger partial charge in [0.2, 0.25) is 5.91 Å². The van der Waals surface area contributed by atoms with E-state index in [2.05, 4.69) is 5.32 Å². The van der Waals surface area contributed by atoms with Gasteiger partial charge in [0.25, 0.3) is 0 Å². The Bertz CT molecular complexity index is 673. The summed E-state index contributed by atoms with van der Waals surface area (Å²) in [5.41, 5.74) is 7.11. The summed E-state index contributed by atoms with van der Waals surface area (Å²) in [6.07, 6.45) is 3.46. The number of furan rings is 1. The van der Waals surface area contributed by atoms with Crippen molar-refractivity contribution in [2.45, 2.75) is 38.3 Å². The van der Waals surface area contributed by atoms with Gasteiger partial charge in [-0.1, -0.05) is 18.2 Å². The van der Waals surface area contributed by atoms with Crippen molar-refractivity contribution in [2.24, 2.45) is 23.5 Å². The average Bonchev–Trinajstić information content (AvgIpc) is 3.20. The van der Waals surface area contributed by atoms with E-state index in [1.807, 2.05) is 37.3 Å². The molecule has 2 fully saturated rings. The summed E-state index contributed by atoms with van der Waals surface area (Å²) in [5, 5.41) is 4.17. The van der Waals surface area contributed by atoms with Gasteiger partial charge in [-0.2, -0.15) is 0 Å². The Hall–Kier alpha value is -1.81. The molecule has 5 atom stereocenters. The van der Waals surface area contributed by atoms with Gasteiger partial charge < -0.3 is 15.5 Å². The maximum Gasteiger partial charge on any atom is 0.225 e. The molecule has 0 radical (unpaired) electrons. The number of hydrogen-bond donors (Lipinski definition) is 2. The van der Waals surface area contributed by atoms with E-state index < -0.39 is 0 Å².